The first-order chi connectivity index (χ1) is 9.59. The topological polar surface area (TPSA) is 64.6 Å². The zero-order valence-electron chi connectivity index (χ0n) is 14.0. The van der Waals surface area contributed by atoms with Gasteiger partial charge in [0, 0.05) is 6.54 Å². The van der Waals surface area contributed by atoms with E-state index in [-0.39, 0.29) is 17.9 Å². The Morgan fingerprint density at radius 3 is 2.38 bits per heavy atom. The van der Waals surface area contributed by atoms with Gasteiger partial charge < -0.3 is 9.47 Å². The summed E-state index contributed by atoms with van der Waals surface area (Å²) in [6.45, 7) is 10.2. The van der Waals surface area contributed by atoms with E-state index in [2.05, 4.69) is 4.72 Å². The van der Waals surface area contributed by atoms with Crippen LogP contribution in [0.5, 0.6) is 0 Å². The molecule has 0 atom stereocenters. The molecule has 5 nitrogen and oxygen atoms in total. The van der Waals surface area contributed by atoms with Crippen LogP contribution >= 0.6 is 0 Å². The largest absolute Gasteiger partial charge is 0.497 e. The lowest BCUT2D eigenvalue weighted by Crippen LogP contribution is -2.32. The normalized spacial score (nSPS) is 14.4. The lowest BCUT2D eigenvalue weighted by molar-refractivity contribution is 0.000793. The van der Waals surface area contributed by atoms with E-state index in [1.807, 2.05) is 33.8 Å². The van der Waals surface area contributed by atoms with Crippen molar-refractivity contribution in [2.45, 2.75) is 46.6 Å². The summed E-state index contributed by atoms with van der Waals surface area (Å²) >= 11 is 0. The molecular formula is C15H29NO4S. The molecule has 0 bridgehead atoms. The summed E-state index contributed by atoms with van der Waals surface area (Å²) in [4.78, 5) is 0. The predicted molar refractivity (Wildman–Crippen MR) is 86.6 cm³/mol. The van der Waals surface area contributed by atoms with Crippen LogP contribution in [-0.2, 0) is 19.5 Å². The monoisotopic (exact) mass is 319 g/mol. The average Bonchev–Trinajstić information content (AvgIpc) is 2.32. The van der Waals surface area contributed by atoms with Crippen molar-refractivity contribution in [3.8, 4) is 0 Å². The zero-order valence-corrected chi connectivity index (χ0v) is 14.8. The van der Waals surface area contributed by atoms with E-state index in [4.69, 9.17) is 9.47 Å². The third kappa shape index (κ3) is 11.5. The molecule has 124 valence electrons. The molecule has 0 unspecified atom stereocenters. The minimum absolute atomic E-state index is 0.0487. The Hall–Kier alpha value is -0.850. The van der Waals surface area contributed by atoms with Crippen molar-refractivity contribution in [3.63, 3.8) is 0 Å². The highest BCUT2D eigenvalue weighted by atomic mass is 32.2. The van der Waals surface area contributed by atoms with Gasteiger partial charge >= 0.3 is 0 Å². The van der Waals surface area contributed by atoms with Crippen LogP contribution in [0.1, 0.15) is 41.0 Å². The van der Waals surface area contributed by atoms with Gasteiger partial charge in [-0.25, -0.2) is 13.1 Å². The van der Waals surface area contributed by atoms with Gasteiger partial charge in [-0.15, -0.1) is 0 Å². The molecule has 0 aliphatic rings. The molecule has 0 aromatic heterocycles. The Morgan fingerprint density at radius 1 is 1.29 bits per heavy atom. The second-order valence-corrected chi connectivity index (χ2v) is 7.63. The number of hydrogen-bond donors (Lipinski definition) is 1. The van der Waals surface area contributed by atoms with E-state index in [9.17, 15) is 8.42 Å². The Labute approximate surface area is 129 Å². The molecule has 0 aliphatic carbocycles. The molecule has 0 aliphatic heterocycles. The molecular weight excluding hydrogens is 290 g/mol. The zero-order chi connectivity index (χ0) is 16.5. The summed E-state index contributed by atoms with van der Waals surface area (Å²) in [6.07, 6.45) is 4.48. The smallest absolute Gasteiger partial charge is 0.215 e. The molecule has 6 heteroatoms. The highest BCUT2D eigenvalue weighted by Gasteiger charge is 2.13. The molecule has 0 aromatic rings. The molecule has 0 radical (unpaired) electrons. The van der Waals surface area contributed by atoms with Crippen molar-refractivity contribution in [1.82, 2.24) is 4.72 Å². The first kappa shape index (κ1) is 20.1. The van der Waals surface area contributed by atoms with E-state index in [1.54, 1.807) is 20.1 Å². The van der Waals surface area contributed by atoms with E-state index in [0.29, 0.717) is 12.4 Å². The van der Waals surface area contributed by atoms with Crippen LogP contribution in [0.2, 0.25) is 0 Å². The van der Waals surface area contributed by atoms with Gasteiger partial charge in [0.2, 0.25) is 10.0 Å². The van der Waals surface area contributed by atoms with Crippen molar-refractivity contribution < 1.29 is 17.9 Å². The fraction of sp³-hybridized carbons (Fsp3) is 0.733. The Kier molecular flexibility index (Phi) is 8.85. The SMILES string of the molecule is CC/C=C(\C=C(\C)CS(=O)(=O)NCCOC(C)(C)C)OC. The van der Waals surface area contributed by atoms with Gasteiger partial charge in [0.15, 0.2) is 0 Å². The molecule has 0 saturated heterocycles. The average molecular weight is 319 g/mol. The third-order valence-electron chi connectivity index (χ3n) is 2.41. The van der Waals surface area contributed by atoms with Gasteiger partial charge in [-0.05, 0) is 46.3 Å². The fourth-order valence-electron chi connectivity index (χ4n) is 1.59. The van der Waals surface area contributed by atoms with Gasteiger partial charge in [-0.2, -0.15) is 0 Å². The van der Waals surface area contributed by atoms with Crippen LogP contribution < -0.4 is 4.72 Å². The van der Waals surface area contributed by atoms with Crippen molar-refractivity contribution in [1.29, 1.82) is 0 Å². The van der Waals surface area contributed by atoms with Crippen molar-refractivity contribution in [2.75, 3.05) is 26.0 Å². The summed E-state index contributed by atoms with van der Waals surface area (Å²) < 4.78 is 37.0. The van der Waals surface area contributed by atoms with Crippen molar-refractivity contribution >= 4 is 10.0 Å². The molecule has 1 N–H and O–H groups in total. The fourth-order valence-corrected chi connectivity index (χ4v) is 2.77. The molecule has 0 spiro atoms. The van der Waals surface area contributed by atoms with Crippen molar-refractivity contribution in [2.24, 2.45) is 0 Å². The summed E-state index contributed by atoms with van der Waals surface area (Å²) in [5, 5.41) is 0. The van der Waals surface area contributed by atoms with Crippen LogP contribution in [0.15, 0.2) is 23.5 Å². The number of sulfonamides is 1. The quantitative estimate of drug-likeness (QED) is 0.403. The Balaban J connectivity index is 4.41. The van der Waals surface area contributed by atoms with Gasteiger partial charge in [0.1, 0.15) is 5.76 Å². The van der Waals surface area contributed by atoms with Crippen LogP contribution in [0.3, 0.4) is 0 Å². The van der Waals surface area contributed by atoms with Gasteiger partial charge in [-0.3, -0.25) is 0 Å². The molecule has 21 heavy (non-hydrogen) atoms. The van der Waals surface area contributed by atoms with Crippen LogP contribution in [0, 0.1) is 0 Å². The second kappa shape index (κ2) is 9.23. The lowest BCUT2D eigenvalue weighted by Gasteiger charge is -2.19. The number of ether oxygens (including phenoxy) is 2. The van der Waals surface area contributed by atoms with Gasteiger partial charge in [0.25, 0.3) is 0 Å². The van der Waals surface area contributed by atoms with E-state index < -0.39 is 10.0 Å². The first-order valence-electron chi connectivity index (χ1n) is 7.12. The maximum atomic E-state index is 11.9. The summed E-state index contributed by atoms with van der Waals surface area (Å²) in [6, 6.07) is 0. The van der Waals surface area contributed by atoms with E-state index in [1.165, 1.54) is 0 Å². The van der Waals surface area contributed by atoms with Crippen LogP contribution in [0.25, 0.3) is 0 Å². The molecule has 0 rings (SSSR count). The summed E-state index contributed by atoms with van der Waals surface area (Å²) in [5.74, 6) is 0.633. The number of hydrogen-bond acceptors (Lipinski definition) is 4. The van der Waals surface area contributed by atoms with Crippen molar-refractivity contribution in [3.05, 3.63) is 23.5 Å². The maximum Gasteiger partial charge on any atom is 0.215 e. The van der Waals surface area contributed by atoms with Crippen LogP contribution in [0.4, 0.5) is 0 Å². The number of nitrogens with one attached hydrogen (secondary N) is 1. The number of methoxy groups -OCH3 is 1. The molecule has 0 heterocycles. The molecule has 0 saturated carbocycles. The molecule has 0 aromatic carbocycles. The van der Waals surface area contributed by atoms with Gasteiger partial charge in [0.05, 0.1) is 25.1 Å². The van der Waals surface area contributed by atoms with Crippen LogP contribution in [-0.4, -0.2) is 40.0 Å². The third-order valence-corrected chi connectivity index (χ3v) is 3.89. The second-order valence-electron chi connectivity index (χ2n) is 5.82. The highest BCUT2D eigenvalue weighted by molar-refractivity contribution is 7.89. The summed E-state index contributed by atoms with van der Waals surface area (Å²) in [5.41, 5.74) is 0.459. The minimum Gasteiger partial charge on any atom is -0.497 e. The lowest BCUT2D eigenvalue weighted by atomic mass is 10.2. The van der Waals surface area contributed by atoms with E-state index in [0.717, 1.165) is 12.0 Å². The maximum absolute atomic E-state index is 11.9. The molecule has 0 amide bonds. The minimum atomic E-state index is -3.35. The number of allylic oxidation sites excluding steroid dienone is 2. The van der Waals surface area contributed by atoms with Gasteiger partial charge in [-0.1, -0.05) is 12.5 Å². The highest BCUT2D eigenvalue weighted by Crippen LogP contribution is 2.07. The van der Waals surface area contributed by atoms with E-state index >= 15 is 0 Å². The molecule has 0 fully saturated rings. The standard InChI is InChI=1S/C15H29NO4S/c1-7-8-14(19-6)11-13(2)12-21(17,18)16-9-10-20-15(3,4)5/h8,11,16H,7,9-10,12H2,1-6H3/b13-11-,14-8+. The number of rotatable bonds is 9. The predicted octanol–water partition coefficient (Wildman–Crippen LogP) is 2.61. The summed E-state index contributed by atoms with van der Waals surface area (Å²) in [7, 11) is -1.78. The Morgan fingerprint density at radius 2 is 1.90 bits per heavy atom. The Bertz CT molecular complexity index is 459. The first-order valence-corrected chi connectivity index (χ1v) is 8.77.